The third kappa shape index (κ3) is 4.77. The fraction of sp³-hybridized carbons (Fsp3) is 0.409. The molecule has 0 radical (unpaired) electrons. The zero-order valence-corrected chi connectivity index (χ0v) is 17.3. The van der Waals surface area contributed by atoms with Gasteiger partial charge in [-0.25, -0.2) is 4.98 Å². The summed E-state index contributed by atoms with van der Waals surface area (Å²) in [6, 6.07) is 11.9. The van der Waals surface area contributed by atoms with E-state index < -0.39 is 0 Å². The molecular weight excluding hydrogens is 384 g/mol. The molecule has 158 valence electrons. The molecule has 8 heteroatoms. The number of aromatic nitrogens is 3. The van der Waals surface area contributed by atoms with E-state index in [1.54, 1.807) is 20.4 Å². The van der Waals surface area contributed by atoms with Crippen molar-refractivity contribution in [1.82, 2.24) is 20.0 Å². The van der Waals surface area contributed by atoms with Crippen LogP contribution in [0.15, 0.2) is 47.1 Å². The zero-order valence-electron chi connectivity index (χ0n) is 17.3. The summed E-state index contributed by atoms with van der Waals surface area (Å²) in [5.41, 5.74) is 2.01. The number of ether oxygens (including phenoxy) is 3. The largest absolute Gasteiger partial charge is 0.497 e. The minimum Gasteiger partial charge on any atom is -0.497 e. The minimum absolute atomic E-state index is 0.108. The number of rotatable bonds is 9. The second-order valence-corrected chi connectivity index (χ2v) is 7.16. The van der Waals surface area contributed by atoms with Gasteiger partial charge in [-0.1, -0.05) is 17.3 Å². The van der Waals surface area contributed by atoms with Gasteiger partial charge in [0.15, 0.2) is 0 Å². The van der Waals surface area contributed by atoms with E-state index in [9.17, 15) is 0 Å². The lowest BCUT2D eigenvalue weighted by molar-refractivity contribution is 0.144. The van der Waals surface area contributed by atoms with E-state index in [0.29, 0.717) is 30.8 Å². The normalized spacial score (nSPS) is 16.7. The van der Waals surface area contributed by atoms with Gasteiger partial charge in [0.1, 0.15) is 12.4 Å². The Balaban J connectivity index is 1.47. The van der Waals surface area contributed by atoms with Crippen molar-refractivity contribution in [2.45, 2.75) is 25.4 Å². The summed E-state index contributed by atoms with van der Waals surface area (Å²) in [7, 11) is 3.32. The molecule has 1 atom stereocenters. The van der Waals surface area contributed by atoms with E-state index in [-0.39, 0.29) is 6.04 Å². The molecule has 0 bridgehead atoms. The van der Waals surface area contributed by atoms with Crippen LogP contribution in [0, 0.1) is 0 Å². The zero-order chi connectivity index (χ0) is 20.8. The molecule has 3 heterocycles. The molecule has 0 amide bonds. The molecule has 8 nitrogen and oxygen atoms in total. The second-order valence-electron chi connectivity index (χ2n) is 7.16. The van der Waals surface area contributed by atoms with Crippen LogP contribution in [0.4, 0.5) is 0 Å². The Morgan fingerprint density at radius 2 is 2.10 bits per heavy atom. The van der Waals surface area contributed by atoms with Crippen LogP contribution in [0.5, 0.6) is 11.6 Å². The Bertz CT molecular complexity index is 962. The molecule has 4 rings (SSSR count). The molecule has 0 spiro atoms. The second kappa shape index (κ2) is 9.69. The molecule has 1 saturated heterocycles. The maximum Gasteiger partial charge on any atom is 0.244 e. The van der Waals surface area contributed by atoms with Gasteiger partial charge >= 0.3 is 0 Å². The molecule has 1 fully saturated rings. The number of pyridine rings is 1. The van der Waals surface area contributed by atoms with Crippen molar-refractivity contribution in [3.05, 3.63) is 54.0 Å². The number of nitrogens with zero attached hydrogens (tertiary/aromatic N) is 4. The molecular formula is C22H26N4O4. The SMILES string of the molecule is COCCOc1cc(-c2noc([C@H]3CCCN3Cc3cccc(OC)c3)n2)ccn1. The predicted octanol–water partition coefficient (Wildman–Crippen LogP) is 3.50. The minimum atomic E-state index is 0.108. The third-order valence-corrected chi connectivity index (χ3v) is 5.14. The maximum atomic E-state index is 5.65. The fourth-order valence-corrected chi connectivity index (χ4v) is 3.65. The Morgan fingerprint density at radius 3 is 2.97 bits per heavy atom. The average Bonchev–Trinajstić information content (AvgIpc) is 3.44. The molecule has 0 N–H and O–H groups in total. The van der Waals surface area contributed by atoms with Gasteiger partial charge in [-0.15, -0.1) is 0 Å². The predicted molar refractivity (Wildman–Crippen MR) is 110 cm³/mol. The lowest BCUT2D eigenvalue weighted by Crippen LogP contribution is -2.23. The van der Waals surface area contributed by atoms with E-state index in [1.807, 2.05) is 24.3 Å². The van der Waals surface area contributed by atoms with Gasteiger partial charge in [-0.3, -0.25) is 4.90 Å². The lowest BCUT2D eigenvalue weighted by atomic mass is 10.1. The van der Waals surface area contributed by atoms with Gasteiger partial charge < -0.3 is 18.7 Å². The average molecular weight is 410 g/mol. The molecule has 0 saturated carbocycles. The maximum absolute atomic E-state index is 5.65. The van der Waals surface area contributed by atoms with Gasteiger partial charge in [0.25, 0.3) is 0 Å². The van der Waals surface area contributed by atoms with E-state index >= 15 is 0 Å². The highest BCUT2D eigenvalue weighted by Crippen LogP contribution is 2.33. The Hall–Kier alpha value is -2.97. The van der Waals surface area contributed by atoms with Crippen LogP contribution in [-0.2, 0) is 11.3 Å². The molecule has 1 aliphatic heterocycles. The first kappa shape index (κ1) is 20.3. The van der Waals surface area contributed by atoms with Gasteiger partial charge in [0, 0.05) is 31.5 Å². The summed E-state index contributed by atoms with van der Waals surface area (Å²) in [5.74, 6) is 2.56. The van der Waals surface area contributed by atoms with Crippen molar-refractivity contribution in [3.63, 3.8) is 0 Å². The van der Waals surface area contributed by atoms with Crippen LogP contribution in [0.2, 0.25) is 0 Å². The monoisotopic (exact) mass is 410 g/mol. The molecule has 1 aromatic carbocycles. The number of hydrogen-bond acceptors (Lipinski definition) is 8. The molecule has 1 aliphatic rings. The number of likely N-dealkylation sites (tertiary alicyclic amines) is 1. The highest BCUT2D eigenvalue weighted by molar-refractivity contribution is 5.55. The van der Waals surface area contributed by atoms with Crippen LogP contribution < -0.4 is 9.47 Å². The molecule has 0 aliphatic carbocycles. The summed E-state index contributed by atoms with van der Waals surface area (Å²) < 4.78 is 21.6. The number of methoxy groups -OCH3 is 2. The molecule has 30 heavy (non-hydrogen) atoms. The first-order valence-electron chi connectivity index (χ1n) is 10.1. The van der Waals surface area contributed by atoms with Crippen LogP contribution in [0.25, 0.3) is 11.4 Å². The fourth-order valence-electron chi connectivity index (χ4n) is 3.65. The summed E-state index contributed by atoms with van der Waals surface area (Å²) in [4.78, 5) is 11.3. The number of hydrogen-bond donors (Lipinski definition) is 0. The number of benzene rings is 1. The van der Waals surface area contributed by atoms with Crippen molar-refractivity contribution in [2.75, 3.05) is 34.0 Å². The Morgan fingerprint density at radius 1 is 1.17 bits per heavy atom. The van der Waals surface area contributed by atoms with Gasteiger partial charge in [-0.2, -0.15) is 4.98 Å². The summed E-state index contributed by atoms with van der Waals surface area (Å²) in [5, 5.41) is 4.20. The first-order chi connectivity index (χ1) is 14.8. The summed E-state index contributed by atoms with van der Waals surface area (Å²) in [6.45, 7) is 2.74. The van der Waals surface area contributed by atoms with Crippen LogP contribution in [0.1, 0.15) is 30.3 Å². The lowest BCUT2D eigenvalue weighted by Gasteiger charge is -2.21. The summed E-state index contributed by atoms with van der Waals surface area (Å²) in [6.07, 6.45) is 3.77. The topological polar surface area (TPSA) is 82.7 Å². The third-order valence-electron chi connectivity index (χ3n) is 5.14. The van der Waals surface area contributed by atoms with Crippen LogP contribution in [0.3, 0.4) is 0 Å². The molecule has 2 aromatic heterocycles. The van der Waals surface area contributed by atoms with Crippen molar-refractivity contribution >= 4 is 0 Å². The van der Waals surface area contributed by atoms with E-state index in [0.717, 1.165) is 37.2 Å². The Kier molecular flexibility index (Phi) is 6.56. The smallest absolute Gasteiger partial charge is 0.244 e. The van der Waals surface area contributed by atoms with Crippen LogP contribution in [-0.4, -0.2) is 54.0 Å². The highest BCUT2D eigenvalue weighted by Gasteiger charge is 2.31. The molecule has 0 unspecified atom stereocenters. The van der Waals surface area contributed by atoms with Crippen LogP contribution >= 0.6 is 0 Å². The Labute approximate surface area is 175 Å². The standard InChI is InChI=1S/C22H26N4O4/c1-27-11-12-29-20-14-17(8-9-23-20)21-24-22(30-25-21)19-7-4-10-26(19)15-16-5-3-6-18(13-16)28-2/h3,5-6,8-9,13-14,19H,4,7,10-12,15H2,1-2H3/t19-/m1/s1. The van der Waals surface area contributed by atoms with Crippen molar-refractivity contribution < 1.29 is 18.7 Å². The van der Waals surface area contributed by atoms with Gasteiger partial charge in [-0.05, 0) is 43.1 Å². The molecule has 3 aromatic rings. The van der Waals surface area contributed by atoms with Crippen molar-refractivity contribution in [2.24, 2.45) is 0 Å². The summed E-state index contributed by atoms with van der Waals surface area (Å²) >= 11 is 0. The van der Waals surface area contributed by atoms with E-state index in [4.69, 9.17) is 18.7 Å². The first-order valence-corrected chi connectivity index (χ1v) is 10.1. The van der Waals surface area contributed by atoms with E-state index in [1.165, 1.54) is 5.56 Å². The van der Waals surface area contributed by atoms with Gasteiger partial charge in [0.2, 0.25) is 17.6 Å². The highest BCUT2D eigenvalue weighted by atomic mass is 16.5. The van der Waals surface area contributed by atoms with Gasteiger partial charge in [0.05, 0.1) is 19.8 Å². The van der Waals surface area contributed by atoms with Crippen molar-refractivity contribution in [1.29, 1.82) is 0 Å². The van der Waals surface area contributed by atoms with Crippen molar-refractivity contribution in [3.8, 4) is 23.0 Å². The van der Waals surface area contributed by atoms with E-state index in [2.05, 4.69) is 32.2 Å². The quantitative estimate of drug-likeness (QED) is 0.496.